The second kappa shape index (κ2) is 7.38. The fourth-order valence-corrected chi connectivity index (χ4v) is 3.10. The zero-order valence-electron chi connectivity index (χ0n) is 13.6. The zero-order valence-corrected chi connectivity index (χ0v) is 14.4. The highest BCUT2D eigenvalue weighted by atomic mass is 35.5. The minimum absolute atomic E-state index is 0.0140. The van der Waals surface area contributed by atoms with E-state index >= 15 is 0 Å². The minimum atomic E-state index is -4.87. The van der Waals surface area contributed by atoms with Gasteiger partial charge in [-0.05, 0) is 48.1 Å². The van der Waals surface area contributed by atoms with Gasteiger partial charge in [0, 0.05) is 24.8 Å². The minimum Gasteiger partial charge on any atom is -0.334 e. The van der Waals surface area contributed by atoms with Gasteiger partial charge in [0.2, 0.25) is 0 Å². The maximum absolute atomic E-state index is 12.7. The van der Waals surface area contributed by atoms with Gasteiger partial charge in [-0.1, -0.05) is 29.7 Å². The number of fused-ring (bicyclic) bond motifs is 1. The molecule has 0 atom stereocenters. The largest absolute Gasteiger partial charge is 0.471 e. The number of alkyl halides is 3. The Morgan fingerprint density at radius 3 is 2.58 bits per heavy atom. The first-order valence-electron chi connectivity index (χ1n) is 7.95. The van der Waals surface area contributed by atoms with E-state index in [4.69, 9.17) is 11.6 Å². The Morgan fingerprint density at radius 2 is 1.88 bits per heavy atom. The monoisotopic (exact) mass is 378 g/mol. The molecule has 0 N–H and O–H groups in total. The molecule has 0 radical (unpaired) electrons. The third-order valence-corrected chi connectivity index (χ3v) is 4.47. The van der Waals surface area contributed by atoms with Crippen molar-refractivity contribution < 1.29 is 18.0 Å². The molecule has 0 spiro atoms. The number of rotatable bonds is 0. The van der Waals surface area contributed by atoms with E-state index in [0.717, 1.165) is 16.0 Å². The normalized spacial score (nSPS) is 14.1. The Bertz CT molecular complexity index is 885. The summed E-state index contributed by atoms with van der Waals surface area (Å²) < 4.78 is 38.1. The molecule has 1 aromatic carbocycles. The van der Waals surface area contributed by atoms with Crippen molar-refractivity contribution in [2.75, 3.05) is 13.1 Å². The second-order valence-electron chi connectivity index (χ2n) is 5.82. The molecule has 1 aromatic heterocycles. The molecule has 1 amide bonds. The highest BCUT2D eigenvalue weighted by molar-refractivity contribution is 6.31. The molecule has 3 nitrogen and oxygen atoms in total. The van der Waals surface area contributed by atoms with Crippen molar-refractivity contribution in [1.29, 1.82) is 0 Å². The molecule has 0 unspecified atom stereocenters. The van der Waals surface area contributed by atoms with E-state index in [2.05, 4.69) is 16.8 Å². The topological polar surface area (TPSA) is 33.2 Å². The Kier molecular flexibility index (Phi) is 5.19. The van der Waals surface area contributed by atoms with Gasteiger partial charge in [-0.25, -0.2) is 4.98 Å². The maximum Gasteiger partial charge on any atom is 0.471 e. The fourth-order valence-electron chi connectivity index (χ4n) is 2.88. The number of hydrogen-bond acceptors (Lipinski definition) is 2. The number of pyridine rings is 1. The molecular formula is C19H14ClF3N2O. The molecule has 0 fully saturated rings. The van der Waals surface area contributed by atoms with Gasteiger partial charge in [0.05, 0.1) is 5.02 Å². The van der Waals surface area contributed by atoms with E-state index in [0.29, 0.717) is 22.7 Å². The van der Waals surface area contributed by atoms with Crippen LogP contribution in [-0.2, 0) is 17.6 Å². The van der Waals surface area contributed by atoms with Crippen LogP contribution in [0.25, 0.3) is 0 Å². The van der Waals surface area contributed by atoms with Crippen molar-refractivity contribution >= 4 is 17.5 Å². The van der Waals surface area contributed by atoms with Crippen molar-refractivity contribution in [3.05, 3.63) is 63.9 Å². The third-order valence-electron chi connectivity index (χ3n) is 4.15. The summed E-state index contributed by atoms with van der Waals surface area (Å²) in [6, 6.07) is 8.81. The molecule has 7 heteroatoms. The molecule has 26 heavy (non-hydrogen) atoms. The number of aromatic nitrogens is 1. The van der Waals surface area contributed by atoms with Crippen LogP contribution >= 0.6 is 11.6 Å². The number of benzene rings is 1. The summed E-state index contributed by atoms with van der Waals surface area (Å²) in [5.41, 5.74) is 2.80. The number of carbonyl (C=O) groups excluding carboxylic acids is 1. The van der Waals surface area contributed by atoms with Crippen LogP contribution in [0.3, 0.4) is 0 Å². The average molecular weight is 379 g/mol. The number of amides is 1. The molecule has 134 valence electrons. The zero-order chi connectivity index (χ0) is 18.7. The van der Waals surface area contributed by atoms with Crippen molar-refractivity contribution in [3.63, 3.8) is 0 Å². The summed E-state index contributed by atoms with van der Waals surface area (Å²) in [5.74, 6) is 4.11. The van der Waals surface area contributed by atoms with E-state index in [1.807, 2.05) is 6.07 Å². The number of nitrogens with zero attached hydrogens (tertiary/aromatic N) is 2. The van der Waals surface area contributed by atoms with Gasteiger partial charge in [-0.2, -0.15) is 13.2 Å². The van der Waals surface area contributed by atoms with E-state index < -0.39 is 12.1 Å². The molecule has 0 saturated carbocycles. The van der Waals surface area contributed by atoms with Crippen LogP contribution in [0.4, 0.5) is 13.2 Å². The fraction of sp³-hybridized carbons (Fsp3) is 0.263. The Balaban J connectivity index is 1.91. The van der Waals surface area contributed by atoms with Gasteiger partial charge >= 0.3 is 12.1 Å². The summed E-state index contributed by atoms with van der Waals surface area (Å²) in [5, 5.41) is 0.433. The van der Waals surface area contributed by atoms with Crippen molar-refractivity contribution in [2.45, 2.75) is 19.0 Å². The molecule has 0 saturated heterocycles. The third kappa shape index (κ3) is 4.00. The highest BCUT2D eigenvalue weighted by Crippen LogP contribution is 2.28. The summed E-state index contributed by atoms with van der Waals surface area (Å²) in [6.45, 7) is -0.00988. The molecule has 0 aliphatic carbocycles. The number of carbonyl (C=O) groups is 1. The average Bonchev–Trinajstić information content (AvgIpc) is 2.83. The van der Waals surface area contributed by atoms with Gasteiger partial charge in [-0.15, -0.1) is 0 Å². The maximum atomic E-state index is 12.7. The van der Waals surface area contributed by atoms with E-state index in [-0.39, 0.29) is 19.5 Å². The van der Waals surface area contributed by atoms with Crippen LogP contribution in [0.2, 0.25) is 5.02 Å². The first-order chi connectivity index (χ1) is 12.4. The molecule has 0 bridgehead atoms. The van der Waals surface area contributed by atoms with Gasteiger partial charge in [0.1, 0.15) is 5.69 Å². The predicted octanol–water partition coefficient (Wildman–Crippen LogP) is 3.62. The Hall–Kier alpha value is -2.52. The van der Waals surface area contributed by atoms with Crippen molar-refractivity contribution in [3.8, 4) is 11.8 Å². The van der Waals surface area contributed by atoms with Crippen LogP contribution in [-0.4, -0.2) is 35.1 Å². The van der Waals surface area contributed by atoms with Gasteiger partial charge in [0.25, 0.3) is 0 Å². The lowest BCUT2D eigenvalue weighted by atomic mass is 9.97. The van der Waals surface area contributed by atoms with Gasteiger partial charge in [0.15, 0.2) is 0 Å². The lowest BCUT2D eigenvalue weighted by Gasteiger charge is -2.21. The smallest absolute Gasteiger partial charge is 0.334 e. The second-order valence-corrected chi connectivity index (χ2v) is 6.22. The molecule has 2 aromatic rings. The summed E-state index contributed by atoms with van der Waals surface area (Å²) in [4.78, 5) is 16.5. The number of halogens is 4. The van der Waals surface area contributed by atoms with Crippen LogP contribution in [0.1, 0.15) is 22.4 Å². The van der Waals surface area contributed by atoms with Crippen LogP contribution in [0.15, 0.2) is 36.5 Å². The van der Waals surface area contributed by atoms with Crippen LogP contribution in [0, 0.1) is 11.8 Å². The Labute approximate surface area is 153 Å². The van der Waals surface area contributed by atoms with Crippen molar-refractivity contribution in [1.82, 2.24) is 9.88 Å². The first-order valence-corrected chi connectivity index (χ1v) is 8.33. The first kappa shape index (κ1) is 18.3. The van der Waals surface area contributed by atoms with E-state index in [9.17, 15) is 18.0 Å². The summed E-state index contributed by atoms with van der Waals surface area (Å²) in [7, 11) is 0. The van der Waals surface area contributed by atoms with E-state index in [1.165, 1.54) is 0 Å². The SMILES string of the molecule is O=C(N1CCc2ccc(Cl)c(C#Cc3ccccn3)c2CC1)C(F)(F)F. The molecule has 3 rings (SSSR count). The van der Waals surface area contributed by atoms with Gasteiger partial charge in [-0.3, -0.25) is 4.79 Å². The number of hydrogen-bond donors (Lipinski definition) is 0. The predicted molar refractivity (Wildman–Crippen MR) is 91.7 cm³/mol. The lowest BCUT2D eigenvalue weighted by Crippen LogP contribution is -2.42. The standard InChI is InChI=1S/C19H14ClF3N2O/c20-17-7-4-13-8-11-25(18(26)19(21,22)23)12-9-15(13)16(17)6-5-14-3-1-2-10-24-14/h1-4,7,10H,8-9,11-12H2. The summed E-state index contributed by atoms with van der Waals surface area (Å²) >= 11 is 6.27. The highest BCUT2D eigenvalue weighted by Gasteiger charge is 2.42. The van der Waals surface area contributed by atoms with Crippen LogP contribution < -0.4 is 0 Å². The van der Waals surface area contributed by atoms with Crippen LogP contribution in [0.5, 0.6) is 0 Å². The molecule has 1 aliphatic heterocycles. The lowest BCUT2D eigenvalue weighted by molar-refractivity contribution is -0.185. The van der Waals surface area contributed by atoms with Crippen molar-refractivity contribution in [2.24, 2.45) is 0 Å². The van der Waals surface area contributed by atoms with Gasteiger partial charge < -0.3 is 4.90 Å². The molecule has 2 heterocycles. The summed E-state index contributed by atoms with van der Waals surface area (Å²) in [6.07, 6.45) is -2.65. The van der Waals surface area contributed by atoms with E-state index in [1.54, 1.807) is 30.5 Å². The Morgan fingerprint density at radius 1 is 1.12 bits per heavy atom. The molecular weight excluding hydrogens is 365 g/mol. The molecule has 1 aliphatic rings. The quantitative estimate of drug-likeness (QED) is 0.656.